The molecule has 0 radical (unpaired) electrons. The second-order valence-corrected chi connectivity index (χ2v) is 6.97. The summed E-state index contributed by atoms with van der Waals surface area (Å²) in [6, 6.07) is 6.17. The number of alkyl halides is 2. The molecule has 1 unspecified atom stereocenters. The van der Waals surface area contributed by atoms with E-state index in [1.54, 1.807) is 17.0 Å². The lowest BCUT2D eigenvalue weighted by atomic mass is 10.1. The van der Waals surface area contributed by atoms with Crippen LogP contribution in [0.3, 0.4) is 0 Å². The van der Waals surface area contributed by atoms with Crippen LogP contribution in [0.25, 0.3) is 10.9 Å². The summed E-state index contributed by atoms with van der Waals surface area (Å²) in [7, 11) is 0. The van der Waals surface area contributed by atoms with Gasteiger partial charge in [-0.2, -0.15) is 8.78 Å². The fourth-order valence-corrected chi connectivity index (χ4v) is 3.25. The fraction of sp³-hybridized carbons (Fsp3) is 0.421. The molecular formula is C19H21F2N3O3. The van der Waals surface area contributed by atoms with Crippen molar-refractivity contribution >= 4 is 28.4 Å². The summed E-state index contributed by atoms with van der Waals surface area (Å²) >= 11 is 0. The van der Waals surface area contributed by atoms with Gasteiger partial charge in [-0.25, -0.2) is 0 Å². The maximum atomic E-state index is 12.6. The number of pyridine rings is 1. The van der Waals surface area contributed by atoms with Gasteiger partial charge in [0.05, 0.1) is 11.6 Å². The maximum Gasteiger partial charge on any atom is 0.387 e. The number of likely N-dealkylation sites (tertiary alicyclic amines) is 1. The van der Waals surface area contributed by atoms with Crippen molar-refractivity contribution in [3.8, 4) is 5.75 Å². The highest BCUT2D eigenvalue weighted by molar-refractivity contribution is 6.04. The van der Waals surface area contributed by atoms with Crippen molar-refractivity contribution in [3.63, 3.8) is 0 Å². The molecule has 27 heavy (non-hydrogen) atoms. The Labute approximate surface area is 155 Å². The fourth-order valence-electron chi connectivity index (χ4n) is 3.25. The number of fused-ring (bicyclic) bond motifs is 1. The van der Waals surface area contributed by atoms with Crippen LogP contribution in [0.5, 0.6) is 5.75 Å². The second-order valence-electron chi connectivity index (χ2n) is 6.97. The van der Waals surface area contributed by atoms with E-state index in [1.807, 2.05) is 13.8 Å². The van der Waals surface area contributed by atoms with Crippen molar-refractivity contribution in [1.82, 2.24) is 9.88 Å². The second kappa shape index (κ2) is 7.85. The molecule has 2 amide bonds. The Kier molecular flexibility index (Phi) is 5.53. The summed E-state index contributed by atoms with van der Waals surface area (Å²) < 4.78 is 29.6. The van der Waals surface area contributed by atoms with E-state index < -0.39 is 12.5 Å². The van der Waals surface area contributed by atoms with Crippen molar-refractivity contribution in [1.29, 1.82) is 0 Å². The summed E-state index contributed by atoms with van der Waals surface area (Å²) in [5.41, 5.74) is 0.680. The Hall–Kier alpha value is -2.77. The van der Waals surface area contributed by atoms with Gasteiger partial charge in [0.2, 0.25) is 11.8 Å². The quantitative estimate of drug-likeness (QED) is 0.839. The molecule has 0 saturated carbocycles. The number of anilines is 1. The molecule has 1 aromatic heterocycles. The van der Waals surface area contributed by atoms with Gasteiger partial charge in [0.1, 0.15) is 5.52 Å². The highest BCUT2D eigenvalue weighted by Gasteiger charge is 2.34. The zero-order valence-corrected chi connectivity index (χ0v) is 15.1. The maximum absolute atomic E-state index is 12.6. The SMILES string of the molecule is CC(C)CN1CC(C(=O)Nc2ccc(OC(F)F)c3ncccc23)CC1=O. The Morgan fingerprint density at radius 3 is 2.85 bits per heavy atom. The molecule has 1 atom stereocenters. The first kappa shape index (κ1) is 19.0. The lowest BCUT2D eigenvalue weighted by molar-refractivity contribution is -0.128. The van der Waals surface area contributed by atoms with Crippen LogP contribution in [-0.4, -0.2) is 41.4 Å². The van der Waals surface area contributed by atoms with E-state index in [9.17, 15) is 18.4 Å². The molecule has 144 valence electrons. The average molecular weight is 377 g/mol. The largest absolute Gasteiger partial charge is 0.432 e. The van der Waals surface area contributed by atoms with Gasteiger partial charge >= 0.3 is 6.61 Å². The molecule has 0 aliphatic carbocycles. The van der Waals surface area contributed by atoms with E-state index in [2.05, 4.69) is 15.0 Å². The van der Waals surface area contributed by atoms with Crippen molar-refractivity contribution in [2.75, 3.05) is 18.4 Å². The number of hydrogen-bond acceptors (Lipinski definition) is 4. The molecule has 1 aliphatic rings. The molecule has 8 heteroatoms. The van der Waals surface area contributed by atoms with Crippen molar-refractivity contribution in [2.24, 2.45) is 11.8 Å². The van der Waals surface area contributed by atoms with Crippen molar-refractivity contribution in [2.45, 2.75) is 26.9 Å². The van der Waals surface area contributed by atoms with Gasteiger partial charge in [-0.05, 0) is 30.2 Å². The first-order valence-electron chi connectivity index (χ1n) is 8.76. The third-order valence-electron chi connectivity index (χ3n) is 4.38. The molecule has 1 saturated heterocycles. The Bertz CT molecular complexity index is 857. The molecule has 3 rings (SSSR count). The minimum absolute atomic E-state index is 0.0314. The number of hydrogen-bond donors (Lipinski definition) is 1. The van der Waals surface area contributed by atoms with Crippen LogP contribution >= 0.6 is 0 Å². The number of nitrogens with one attached hydrogen (secondary N) is 1. The zero-order valence-electron chi connectivity index (χ0n) is 15.1. The number of amides is 2. The Morgan fingerprint density at radius 2 is 2.15 bits per heavy atom. The molecule has 2 heterocycles. The normalized spacial score (nSPS) is 17.2. The molecule has 1 N–H and O–H groups in total. The van der Waals surface area contributed by atoms with Gasteiger partial charge in [-0.3, -0.25) is 14.6 Å². The van der Waals surface area contributed by atoms with Crippen LogP contribution in [0.4, 0.5) is 14.5 Å². The van der Waals surface area contributed by atoms with Crippen LogP contribution in [0.1, 0.15) is 20.3 Å². The van der Waals surface area contributed by atoms with Gasteiger partial charge in [-0.1, -0.05) is 13.8 Å². The van der Waals surface area contributed by atoms with Gasteiger partial charge in [0.25, 0.3) is 0 Å². The average Bonchev–Trinajstić information content (AvgIpc) is 2.97. The van der Waals surface area contributed by atoms with E-state index in [0.29, 0.717) is 30.1 Å². The van der Waals surface area contributed by atoms with Crippen LogP contribution in [-0.2, 0) is 9.59 Å². The summed E-state index contributed by atoms with van der Waals surface area (Å²) in [6.45, 7) is 2.07. The minimum Gasteiger partial charge on any atom is -0.432 e. The molecule has 1 fully saturated rings. The lowest BCUT2D eigenvalue weighted by Crippen LogP contribution is -2.31. The first-order valence-corrected chi connectivity index (χ1v) is 8.76. The molecule has 6 nitrogen and oxygen atoms in total. The standard InChI is InChI=1S/C19H21F2N3O3/c1-11(2)9-24-10-12(8-16(24)25)18(26)23-14-5-6-15(27-19(20)21)17-13(14)4-3-7-22-17/h3-7,11-12,19H,8-10H2,1-2H3,(H,23,26). The van der Waals surface area contributed by atoms with Crippen LogP contribution < -0.4 is 10.1 Å². The van der Waals surface area contributed by atoms with Crippen molar-refractivity contribution < 1.29 is 23.1 Å². The third-order valence-corrected chi connectivity index (χ3v) is 4.38. The van der Waals surface area contributed by atoms with E-state index in [0.717, 1.165) is 0 Å². The van der Waals surface area contributed by atoms with Crippen molar-refractivity contribution in [3.05, 3.63) is 30.5 Å². The topological polar surface area (TPSA) is 71.5 Å². The Morgan fingerprint density at radius 1 is 1.37 bits per heavy atom. The van der Waals surface area contributed by atoms with E-state index >= 15 is 0 Å². The number of aromatic nitrogens is 1. The van der Waals surface area contributed by atoms with E-state index in [-0.39, 0.29) is 29.5 Å². The smallest absolute Gasteiger partial charge is 0.387 e. The summed E-state index contributed by atoms with van der Waals surface area (Å²) in [6.07, 6.45) is 1.63. The molecule has 2 aromatic rings. The van der Waals surface area contributed by atoms with Gasteiger partial charge < -0.3 is 15.0 Å². The number of carbonyl (C=O) groups excluding carboxylic acids is 2. The van der Waals surface area contributed by atoms with Crippen LogP contribution in [0.2, 0.25) is 0 Å². The van der Waals surface area contributed by atoms with E-state index in [1.165, 1.54) is 18.3 Å². The summed E-state index contributed by atoms with van der Waals surface area (Å²) in [5.74, 6) is -0.482. The number of nitrogens with zero attached hydrogens (tertiary/aromatic N) is 2. The van der Waals surface area contributed by atoms with Gasteiger partial charge in [-0.15, -0.1) is 0 Å². The molecule has 0 bridgehead atoms. The summed E-state index contributed by atoms with van der Waals surface area (Å²) in [5, 5.41) is 3.29. The number of halogens is 2. The van der Waals surface area contributed by atoms with E-state index in [4.69, 9.17) is 0 Å². The first-order chi connectivity index (χ1) is 12.8. The predicted octanol–water partition coefficient (Wildman–Crippen LogP) is 3.28. The Balaban J connectivity index is 1.79. The molecular weight excluding hydrogens is 356 g/mol. The molecule has 0 spiro atoms. The molecule has 1 aromatic carbocycles. The summed E-state index contributed by atoms with van der Waals surface area (Å²) in [4.78, 5) is 30.5. The number of rotatable bonds is 6. The molecule has 1 aliphatic heterocycles. The minimum atomic E-state index is -2.97. The number of carbonyl (C=O) groups is 2. The predicted molar refractivity (Wildman–Crippen MR) is 96.5 cm³/mol. The monoisotopic (exact) mass is 377 g/mol. The number of ether oxygens (including phenoxy) is 1. The number of benzene rings is 1. The van der Waals surface area contributed by atoms with Gasteiger partial charge in [0, 0.05) is 31.1 Å². The van der Waals surface area contributed by atoms with Crippen LogP contribution in [0, 0.1) is 11.8 Å². The lowest BCUT2D eigenvalue weighted by Gasteiger charge is -2.19. The van der Waals surface area contributed by atoms with Crippen LogP contribution in [0.15, 0.2) is 30.5 Å². The third kappa shape index (κ3) is 4.32. The highest BCUT2D eigenvalue weighted by Crippen LogP contribution is 2.31. The highest BCUT2D eigenvalue weighted by atomic mass is 19.3. The zero-order chi connectivity index (χ0) is 19.6. The van der Waals surface area contributed by atoms with Gasteiger partial charge in [0.15, 0.2) is 5.75 Å².